The molecule has 1 aromatic carbocycles. The Bertz CT molecular complexity index is 637. The normalized spacial score (nSPS) is 22.2. The maximum absolute atomic E-state index is 10.7. The van der Waals surface area contributed by atoms with Crippen LogP contribution in [0.25, 0.3) is 11.0 Å². The van der Waals surface area contributed by atoms with Crippen molar-refractivity contribution in [2.24, 2.45) is 11.8 Å². The summed E-state index contributed by atoms with van der Waals surface area (Å²) >= 11 is 0. The smallest absolute Gasteiger partial charge is 0.271 e. The van der Waals surface area contributed by atoms with Gasteiger partial charge in [-0.2, -0.15) is 0 Å². The number of aromatic nitrogens is 2. The Kier molecular flexibility index (Phi) is 3.30. The van der Waals surface area contributed by atoms with E-state index in [1.807, 2.05) is 0 Å². The van der Waals surface area contributed by atoms with E-state index in [9.17, 15) is 10.1 Å². The molecule has 0 aliphatic heterocycles. The average molecular weight is 274 g/mol. The van der Waals surface area contributed by atoms with E-state index in [0.717, 1.165) is 18.0 Å². The zero-order valence-electron chi connectivity index (χ0n) is 11.4. The number of nitro benzene ring substituents is 1. The number of benzene rings is 1. The molecule has 1 aromatic heterocycles. The van der Waals surface area contributed by atoms with Crippen LogP contribution < -0.4 is 5.32 Å². The van der Waals surface area contributed by atoms with Crippen molar-refractivity contribution in [3.63, 3.8) is 0 Å². The van der Waals surface area contributed by atoms with Crippen LogP contribution in [0.15, 0.2) is 18.2 Å². The Morgan fingerprint density at radius 1 is 1.50 bits per heavy atom. The van der Waals surface area contributed by atoms with Crippen molar-refractivity contribution in [3.05, 3.63) is 28.3 Å². The molecule has 1 saturated carbocycles. The van der Waals surface area contributed by atoms with E-state index < -0.39 is 4.92 Å². The van der Waals surface area contributed by atoms with Crippen LogP contribution >= 0.6 is 0 Å². The second-order valence-corrected chi connectivity index (χ2v) is 5.59. The minimum Gasteiger partial charge on any atom is -0.356 e. The number of hydrogen-bond donors (Lipinski definition) is 2. The summed E-state index contributed by atoms with van der Waals surface area (Å²) in [5.41, 5.74) is 1.52. The van der Waals surface area contributed by atoms with Crippen LogP contribution in [0.1, 0.15) is 26.2 Å². The summed E-state index contributed by atoms with van der Waals surface area (Å²) in [6.07, 6.45) is 3.87. The molecule has 1 fully saturated rings. The zero-order chi connectivity index (χ0) is 14.1. The fourth-order valence-electron chi connectivity index (χ4n) is 2.95. The number of nitrogens with one attached hydrogen (secondary N) is 2. The molecule has 0 saturated heterocycles. The second kappa shape index (κ2) is 5.11. The number of aromatic amines is 1. The third kappa shape index (κ3) is 2.45. The van der Waals surface area contributed by atoms with E-state index >= 15 is 0 Å². The molecule has 3 rings (SSSR count). The van der Waals surface area contributed by atoms with Crippen LogP contribution in [0.3, 0.4) is 0 Å². The van der Waals surface area contributed by atoms with Gasteiger partial charge in [0.2, 0.25) is 5.95 Å². The Morgan fingerprint density at radius 3 is 3.05 bits per heavy atom. The van der Waals surface area contributed by atoms with E-state index in [1.165, 1.54) is 31.4 Å². The summed E-state index contributed by atoms with van der Waals surface area (Å²) in [7, 11) is 0. The van der Waals surface area contributed by atoms with Crippen LogP contribution in [0, 0.1) is 22.0 Å². The Labute approximate surface area is 116 Å². The highest BCUT2D eigenvalue weighted by Crippen LogP contribution is 2.31. The van der Waals surface area contributed by atoms with Gasteiger partial charge in [-0.15, -0.1) is 0 Å². The molecule has 6 heteroatoms. The van der Waals surface area contributed by atoms with Crippen LogP contribution in [0.4, 0.5) is 11.6 Å². The molecule has 106 valence electrons. The van der Waals surface area contributed by atoms with Crippen molar-refractivity contribution < 1.29 is 4.92 Å². The number of rotatable bonds is 4. The van der Waals surface area contributed by atoms with Gasteiger partial charge in [-0.05, 0) is 24.3 Å². The minimum absolute atomic E-state index is 0.0807. The molecular formula is C14H18N4O2. The van der Waals surface area contributed by atoms with Gasteiger partial charge >= 0.3 is 0 Å². The van der Waals surface area contributed by atoms with Gasteiger partial charge in [0.25, 0.3) is 5.69 Å². The molecule has 2 N–H and O–H groups in total. The fourth-order valence-corrected chi connectivity index (χ4v) is 2.95. The summed E-state index contributed by atoms with van der Waals surface area (Å²) in [5, 5.41) is 14.1. The molecular weight excluding hydrogens is 256 g/mol. The van der Waals surface area contributed by atoms with Crippen molar-refractivity contribution in [3.8, 4) is 0 Å². The van der Waals surface area contributed by atoms with Crippen molar-refractivity contribution in [2.45, 2.75) is 26.2 Å². The number of nitro groups is 1. The first-order valence-electron chi connectivity index (χ1n) is 7.01. The van der Waals surface area contributed by atoms with Gasteiger partial charge < -0.3 is 10.3 Å². The molecule has 2 unspecified atom stereocenters. The molecule has 0 radical (unpaired) electrons. The standard InChI is InChI=1S/C14H18N4O2/c1-9-3-2-4-10(9)8-15-14-16-12-6-5-11(18(19)20)7-13(12)17-14/h5-7,9-10H,2-4,8H2,1H3,(H2,15,16,17). The monoisotopic (exact) mass is 274 g/mol. The van der Waals surface area contributed by atoms with Crippen molar-refractivity contribution >= 4 is 22.7 Å². The third-order valence-corrected chi connectivity index (χ3v) is 4.25. The quantitative estimate of drug-likeness (QED) is 0.661. The number of hydrogen-bond acceptors (Lipinski definition) is 4. The number of nitrogens with zero attached hydrogens (tertiary/aromatic N) is 2. The molecule has 6 nitrogen and oxygen atoms in total. The van der Waals surface area contributed by atoms with E-state index in [1.54, 1.807) is 6.07 Å². The van der Waals surface area contributed by atoms with Gasteiger partial charge in [0.05, 0.1) is 16.0 Å². The van der Waals surface area contributed by atoms with Crippen molar-refractivity contribution in [2.75, 3.05) is 11.9 Å². The number of fused-ring (bicyclic) bond motifs is 1. The van der Waals surface area contributed by atoms with Gasteiger partial charge in [0, 0.05) is 18.7 Å². The molecule has 0 amide bonds. The Balaban J connectivity index is 1.74. The summed E-state index contributed by atoms with van der Waals surface area (Å²) in [5.74, 6) is 2.14. The first-order chi connectivity index (χ1) is 9.63. The zero-order valence-corrected chi connectivity index (χ0v) is 11.4. The van der Waals surface area contributed by atoms with E-state index in [-0.39, 0.29) is 5.69 Å². The highest BCUT2D eigenvalue weighted by Gasteiger charge is 2.23. The maximum Gasteiger partial charge on any atom is 0.271 e. The van der Waals surface area contributed by atoms with Gasteiger partial charge in [-0.3, -0.25) is 10.1 Å². The summed E-state index contributed by atoms with van der Waals surface area (Å²) in [6, 6.07) is 4.67. The summed E-state index contributed by atoms with van der Waals surface area (Å²) in [6.45, 7) is 3.20. The van der Waals surface area contributed by atoms with Crippen LogP contribution in [0.2, 0.25) is 0 Å². The van der Waals surface area contributed by atoms with Crippen LogP contribution in [-0.4, -0.2) is 21.4 Å². The van der Waals surface area contributed by atoms with Gasteiger partial charge in [-0.1, -0.05) is 19.8 Å². The fraction of sp³-hybridized carbons (Fsp3) is 0.500. The first kappa shape index (κ1) is 12.9. The van der Waals surface area contributed by atoms with Gasteiger partial charge in [0.15, 0.2) is 0 Å². The molecule has 1 aliphatic rings. The Hall–Kier alpha value is -2.11. The lowest BCUT2D eigenvalue weighted by atomic mass is 9.98. The van der Waals surface area contributed by atoms with E-state index in [4.69, 9.17) is 0 Å². The highest BCUT2D eigenvalue weighted by atomic mass is 16.6. The summed E-state index contributed by atoms with van der Waals surface area (Å²) < 4.78 is 0. The predicted octanol–water partition coefficient (Wildman–Crippen LogP) is 3.32. The number of H-pyrrole nitrogens is 1. The van der Waals surface area contributed by atoms with Crippen molar-refractivity contribution in [1.82, 2.24) is 9.97 Å². The maximum atomic E-state index is 10.7. The molecule has 1 aliphatic carbocycles. The van der Waals surface area contributed by atoms with E-state index in [0.29, 0.717) is 17.4 Å². The topological polar surface area (TPSA) is 83.8 Å². The SMILES string of the molecule is CC1CCCC1CNc1nc2ccc([N+](=O)[O-])cc2[nH]1. The summed E-state index contributed by atoms with van der Waals surface area (Å²) in [4.78, 5) is 17.9. The Morgan fingerprint density at radius 2 is 2.35 bits per heavy atom. The lowest BCUT2D eigenvalue weighted by Gasteiger charge is -2.15. The lowest BCUT2D eigenvalue weighted by molar-refractivity contribution is -0.384. The second-order valence-electron chi connectivity index (χ2n) is 5.59. The minimum atomic E-state index is -0.395. The molecule has 2 atom stereocenters. The molecule has 20 heavy (non-hydrogen) atoms. The number of imidazole rings is 1. The van der Waals surface area contributed by atoms with Crippen LogP contribution in [0.5, 0.6) is 0 Å². The molecule has 0 spiro atoms. The average Bonchev–Trinajstić information content (AvgIpc) is 3.00. The molecule has 0 bridgehead atoms. The molecule has 1 heterocycles. The number of non-ortho nitro benzene ring substituents is 1. The van der Waals surface area contributed by atoms with Crippen molar-refractivity contribution in [1.29, 1.82) is 0 Å². The van der Waals surface area contributed by atoms with Gasteiger partial charge in [-0.25, -0.2) is 4.98 Å². The predicted molar refractivity (Wildman–Crippen MR) is 77.7 cm³/mol. The first-order valence-corrected chi connectivity index (χ1v) is 7.01. The largest absolute Gasteiger partial charge is 0.356 e. The highest BCUT2D eigenvalue weighted by molar-refractivity contribution is 5.79. The lowest BCUT2D eigenvalue weighted by Crippen LogP contribution is -2.16. The van der Waals surface area contributed by atoms with E-state index in [2.05, 4.69) is 22.2 Å². The molecule has 2 aromatic rings. The van der Waals surface area contributed by atoms with Gasteiger partial charge in [0.1, 0.15) is 0 Å². The van der Waals surface area contributed by atoms with Crippen LogP contribution in [-0.2, 0) is 0 Å². The third-order valence-electron chi connectivity index (χ3n) is 4.25. The number of anilines is 1.